The van der Waals surface area contributed by atoms with Gasteiger partial charge >= 0.3 is 6.18 Å². The first-order chi connectivity index (χ1) is 16.2. The Morgan fingerprint density at radius 2 is 1.76 bits per heavy atom. The number of aryl methyl sites for hydroxylation is 1. The third-order valence-corrected chi connectivity index (χ3v) is 6.08. The molecule has 1 aliphatic rings. The summed E-state index contributed by atoms with van der Waals surface area (Å²) in [6, 6.07) is 18.1. The maximum absolute atomic E-state index is 13.0. The Labute approximate surface area is 203 Å². The molecule has 0 aromatic heterocycles. The lowest BCUT2D eigenvalue weighted by molar-refractivity contribution is -0.137. The number of hydrogen-bond acceptors (Lipinski definition) is 4. The molecule has 1 aliphatic heterocycles. The molecule has 0 aliphatic carbocycles. The van der Waals surface area contributed by atoms with Crippen LogP contribution in [0.15, 0.2) is 76.6 Å². The first kappa shape index (κ1) is 23.9. The standard InChI is InChI=1S/C25H18ClF3N2O2S/c1-15-2-4-17(5-3-15)14-33-19-9-6-16(7-10-19)12-22-23(32)31-24(34-22)30-21-13-18(25(27,28)29)8-11-20(21)26/h2-13H,14H2,1H3,(H,30,31,32)/b22-12-. The van der Waals surface area contributed by atoms with Crippen molar-refractivity contribution in [2.45, 2.75) is 19.7 Å². The van der Waals surface area contributed by atoms with Crippen LogP contribution in [0.3, 0.4) is 0 Å². The molecule has 3 aromatic rings. The average Bonchev–Trinajstić information content (AvgIpc) is 3.13. The number of benzene rings is 3. The van der Waals surface area contributed by atoms with Crippen molar-refractivity contribution in [3.8, 4) is 5.75 Å². The summed E-state index contributed by atoms with van der Waals surface area (Å²) >= 11 is 7.01. The van der Waals surface area contributed by atoms with Crippen molar-refractivity contribution in [1.82, 2.24) is 5.32 Å². The zero-order valence-corrected chi connectivity index (χ0v) is 19.4. The maximum Gasteiger partial charge on any atom is 0.416 e. The summed E-state index contributed by atoms with van der Waals surface area (Å²) in [5, 5.41) is 2.75. The number of amides is 1. The first-order valence-electron chi connectivity index (χ1n) is 10.1. The molecule has 0 saturated carbocycles. The molecule has 0 unspecified atom stereocenters. The Morgan fingerprint density at radius 1 is 1.06 bits per heavy atom. The van der Waals surface area contributed by atoms with Gasteiger partial charge in [0, 0.05) is 0 Å². The molecule has 4 nitrogen and oxygen atoms in total. The smallest absolute Gasteiger partial charge is 0.416 e. The van der Waals surface area contributed by atoms with Crippen molar-refractivity contribution in [2.24, 2.45) is 4.99 Å². The van der Waals surface area contributed by atoms with Crippen LogP contribution in [0, 0.1) is 6.92 Å². The Kier molecular flexibility index (Phi) is 7.00. The molecule has 4 rings (SSSR count). The normalized spacial score (nSPS) is 16.2. The highest BCUT2D eigenvalue weighted by molar-refractivity contribution is 8.18. The summed E-state index contributed by atoms with van der Waals surface area (Å²) in [7, 11) is 0. The lowest BCUT2D eigenvalue weighted by Crippen LogP contribution is -2.19. The van der Waals surface area contributed by atoms with Crippen LogP contribution >= 0.6 is 23.4 Å². The van der Waals surface area contributed by atoms with E-state index in [9.17, 15) is 18.0 Å². The second-order valence-corrected chi connectivity index (χ2v) is 8.93. The zero-order valence-electron chi connectivity index (χ0n) is 17.8. The molecular weight excluding hydrogens is 485 g/mol. The van der Waals surface area contributed by atoms with Gasteiger partial charge in [-0.15, -0.1) is 0 Å². The summed E-state index contributed by atoms with van der Waals surface area (Å²) in [5.74, 6) is 0.291. The largest absolute Gasteiger partial charge is 0.489 e. The van der Waals surface area contributed by atoms with Gasteiger partial charge in [-0.1, -0.05) is 53.6 Å². The highest BCUT2D eigenvalue weighted by Gasteiger charge is 2.31. The van der Waals surface area contributed by atoms with E-state index in [2.05, 4.69) is 10.3 Å². The van der Waals surface area contributed by atoms with Crippen LogP contribution in [0.4, 0.5) is 18.9 Å². The predicted molar refractivity (Wildman–Crippen MR) is 129 cm³/mol. The molecule has 1 N–H and O–H groups in total. The average molecular weight is 503 g/mol. The van der Waals surface area contributed by atoms with E-state index in [-0.39, 0.29) is 15.9 Å². The quantitative estimate of drug-likeness (QED) is 0.377. The van der Waals surface area contributed by atoms with Gasteiger partial charge in [0.25, 0.3) is 5.91 Å². The summed E-state index contributed by atoms with van der Waals surface area (Å²) in [6.45, 7) is 2.47. The number of thioether (sulfide) groups is 1. The second-order valence-electron chi connectivity index (χ2n) is 7.49. The minimum absolute atomic E-state index is 0.0500. The Morgan fingerprint density at radius 3 is 2.44 bits per heavy atom. The molecule has 0 spiro atoms. The van der Waals surface area contributed by atoms with Crippen LogP contribution in [-0.2, 0) is 17.6 Å². The van der Waals surface area contributed by atoms with Crippen LogP contribution in [-0.4, -0.2) is 11.1 Å². The number of hydrogen-bond donors (Lipinski definition) is 1. The number of nitrogens with zero attached hydrogens (tertiary/aromatic N) is 1. The lowest BCUT2D eigenvalue weighted by atomic mass is 10.1. The fourth-order valence-electron chi connectivity index (χ4n) is 3.03. The van der Waals surface area contributed by atoms with Crippen molar-refractivity contribution in [3.63, 3.8) is 0 Å². The molecule has 3 aromatic carbocycles. The molecule has 1 heterocycles. The molecule has 1 amide bonds. The van der Waals surface area contributed by atoms with Gasteiger partial charge in [0.05, 0.1) is 21.2 Å². The van der Waals surface area contributed by atoms with E-state index in [0.717, 1.165) is 41.1 Å². The van der Waals surface area contributed by atoms with Crippen LogP contribution in [0.5, 0.6) is 5.75 Å². The highest BCUT2D eigenvalue weighted by atomic mass is 35.5. The van der Waals surface area contributed by atoms with Crippen LogP contribution in [0.1, 0.15) is 22.3 Å². The van der Waals surface area contributed by atoms with Gasteiger partial charge in [0.15, 0.2) is 5.17 Å². The van der Waals surface area contributed by atoms with Gasteiger partial charge in [-0.05, 0) is 66.2 Å². The summed E-state index contributed by atoms with van der Waals surface area (Å²) in [5.41, 5.74) is 2.06. The lowest BCUT2D eigenvalue weighted by Gasteiger charge is -2.08. The number of alkyl halides is 3. The maximum atomic E-state index is 13.0. The number of nitrogens with one attached hydrogen (secondary N) is 1. The minimum Gasteiger partial charge on any atom is -0.489 e. The van der Waals surface area contributed by atoms with Crippen molar-refractivity contribution >= 4 is 46.2 Å². The molecule has 0 radical (unpaired) electrons. The summed E-state index contributed by atoms with van der Waals surface area (Å²) in [4.78, 5) is 16.8. The monoisotopic (exact) mass is 502 g/mol. The van der Waals surface area contributed by atoms with Gasteiger partial charge in [-0.3, -0.25) is 4.79 Å². The Hall–Kier alpha value is -3.23. The Balaban J connectivity index is 1.44. The summed E-state index contributed by atoms with van der Waals surface area (Å²) in [6.07, 6.45) is -2.85. The number of aliphatic imine (C=N–C) groups is 1. The number of carbonyl (C=O) groups is 1. The van der Waals surface area contributed by atoms with E-state index in [1.54, 1.807) is 18.2 Å². The van der Waals surface area contributed by atoms with Crippen LogP contribution < -0.4 is 10.1 Å². The molecule has 34 heavy (non-hydrogen) atoms. The van der Waals surface area contributed by atoms with Crippen LogP contribution in [0.2, 0.25) is 5.02 Å². The van der Waals surface area contributed by atoms with Crippen molar-refractivity contribution in [2.75, 3.05) is 0 Å². The molecule has 1 saturated heterocycles. The van der Waals surface area contributed by atoms with Crippen molar-refractivity contribution in [1.29, 1.82) is 0 Å². The van der Waals surface area contributed by atoms with E-state index in [1.807, 2.05) is 43.3 Å². The minimum atomic E-state index is -4.52. The fourth-order valence-corrected chi connectivity index (χ4v) is 4.02. The molecule has 0 bridgehead atoms. The van der Waals surface area contributed by atoms with E-state index >= 15 is 0 Å². The van der Waals surface area contributed by atoms with E-state index in [1.165, 1.54) is 5.56 Å². The third-order valence-electron chi connectivity index (χ3n) is 4.85. The molecule has 9 heteroatoms. The SMILES string of the molecule is Cc1ccc(COc2ccc(/C=C3\SC(=Nc4cc(C(F)(F)F)ccc4Cl)NC3=O)cc2)cc1. The van der Waals surface area contributed by atoms with E-state index < -0.39 is 17.6 Å². The Bertz CT molecular complexity index is 1270. The van der Waals surface area contributed by atoms with Gasteiger partial charge in [0.1, 0.15) is 12.4 Å². The fraction of sp³-hybridized carbons (Fsp3) is 0.120. The molecular formula is C25H18ClF3N2O2S. The molecule has 174 valence electrons. The van der Waals surface area contributed by atoms with Gasteiger partial charge < -0.3 is 10.1 Å². The molecule has 0 atom stereocenters. The van der Waals surface area contributed by atoms with Crippen molar-refractivity contribution < 1.29 is 22.7 Å². The van der Waals surface area contributed by atoms with E-state index in [0.29, 0.717) is 17.3 Å². The third kappa shape index (κ3) is 6.01. The first-order valence-corrected chi connectivity index (χ1v) is 11.3. The van der Waals surface area contributed by atoms with Gasteiger partial charge in [0.2, 0.25) is 0 Å². The second kappa shape index (κ2) is 9.95. The molecule has 1 fully saturated rings. The van der Waals surface area contributed by atoms with Crippen molar-refractivity contribution in [3.05, 3.63) is 98.9 Å². The number of amidine groups is 1. The number of ether oxygens (including phenoxy) is 1. The summed E-state index contributed by atoms with van der Waals surface area (Å²) < 4.78 is 44.7. The number of halogens is 4. The topological polar surface area (TPSA) is 50.7 Å². The van der Waals surface area contributed by atoms with E-state index in [4.69, 9.17) is 16.3 Å². The van der Waals surface area contributed by atoms with Gasteiger partial charge in [-0.2, -0.15) is 13.2 Å². The highest BCUT2D eigenvalue weighted by Crippen LogP contribution is 2.36. The van der Waals surface area contributed by atoms with Gasteiger partial charge in [-0.25, -0.2) is 4.99 Å². The number of carbonyl (C=O) groups excluding carboxylic acids is 1. The number of rotatable bonds is 5. The zero-order chi connectivity index (χ0) is 24.3. The predicted octanol–water partition coefficient (Wildman–Crippen LogP) is 7.14. The van der Waals surface area contributed by atoms with Crippen LogP contribution in [0.25, 0.3) is 6.08 Å².